The minimum absolute atomic E-state index is 0.0317. The molecular formula is C21H20N4O4S3. The van der Waals surface area contributed by atoms with E-state index in [-0.39, 0.29) is 16.4 Å². The Kier molecular flexibility index (Phi) is 6.66. The lowest BCUT2D eigenvalue weighted by atomic mass is 10.2. The van der Waals surface area contributed by atoms with Crippen LogP contribution in [-0.4, -0.2) is 53.1 Å². The molecule has 3 heterocycles. The smallest absolute Gasteiger partial charge is 0.350 e. The summed E-state index contributed by atoms with van der Waals surface area (Å²) in [6, 6.07) is 12.8. The fourth-order valence-electron chi connectivity index (χ4n) is 3.41. The molecule has 8 nitrogen and oxygen atoms in total. The van der Waals surface area contributed by atoms with E-state index >= 15 is 0 Å². The van der Waals surface area contributed by atoms with Crippen molar-refractivity contribution < 1.29 is 17.9 Å². The number of esters is 1. The molecule has 0 saturated carbocycles. The van der Waals surface area contributed by atoms with Gasteiger partial charge in [-0.3, -0.25) is 0 Å². The molecule has 2 aromatic heterocycles. The summed E-state index contributed by atoms with van der Waals surface area (Å²) in [4.78, 5) is 12.9. The minimum atomic E-state index is -3.78. The number of para-hydroxylation sites is 1. The van der Waals surface area contributed by atoms with E-state index in [1.54, 1.807) is 28.7 Å². The number of nitriles is 1. The van der Waals surface area contributed by atoms with Crippen molar-refractivity contribution in [3.8, 4) is 11.8 Å². The van der Waals surface area contributed by atoms with E-state index in [4.69, 9.17) is 4.74 Å². The van der Waals surface area contributed by atoms with Crippen LogP contribution in [0.5, 0.6) is 0 Å². The minimum Gasteiger partial charge on any atom is -0.455 e. The van der Waals surface area contributed by atoms with Crippen molar-refractivity contribution in [2.75, 3.05) is 24.6 Å². The number of aryl methyl sites for hydroxylation is 1. The molecule has 0 bridgehead atoms. The highest BCUT2D eigenvalue weighted by molar-refractivity contribution is 7.99. The Labute approximate surface area is 194 Å². The maximum absolute atomic E-state index is 13.0. The van der Waals surface area contributed by atoms with Crippen molar-refractivity contribution in [1.82, 2.24) is 14.1 Å². The maximum atomic E-state index is 13.0. The molecule has 0 unspecified atom stereocenters. The van der Waals surface area contributed by atoms with Crippen LogP contribution < -0.4 is 0 Å². The zero-order chi connectivity index (χ0) is 22.7. The quantitative estimate of drug-likeness (QED) is 0.491. The fraction of sp³-hybridized carbons (Fsp3) is 0.286. The number of carbonyl (C=O) groups is 1. The van der Waals surface area contributed by atoms with E-state index in [0.29, 0.717) is 30.0 Å². The monoisotopic (exact) mass is 488 g/mol. The number of carbonyl (C=O) groups excluding carboxylic acids is 1. The van der Waals surface area contributed by atoms with Crippen molar-refractivity contribution in [3.63, 3.8) is 0 Å². The third-order valence-corrected chi connectivity index (χ3v) is 8.92. The molecule has 11 heteroatoms. The van der Waals surface area contributed by atoms with Gasteiger partial charge in [-0.05, 0) is 30.5 Å². The lowest BCUT2D eigenvalue weighted by Crippen LogP contribution is -2.38. The van der Waals surface area contributed by atoms with Crippen molar-refractivity contribution in [1.29, 1.82) is 5.26 Å². The molecule has 0 amide bonds. The molecule has 0 N–H and O–H groups in total. The van der Waals surface area contributed by atoms with E-state index in [0.717, 1.165) is 28.5 Å². The summed E-state index contributed by atoms with van der Waals surface area (Å²) in [7, 11) is -3.78. The molecule has 0 atom stereocenters. The lowest BCUT2D eigenvalue weighted by molar-refractivity contribution is 0.0466. The normalized spacial score (nSPS) is 14.8. The van der Waals surface area contributed by atoms with Gasteiger partial charge in [0, 0.05) is 24.6 Å². The van der Waals surface area contributed by atoms with Gasteiger partial charge < -0.3 is 4.74 Å². The van der Waals surface area contributed by atoms with Crippen molar-refractivity contribution in [2.24, 2.45) is 0 Å². The Morgan fingerprint density at radius 1 is 1.22 bits per heavy atom. The molecule has 32 heavy (non-hydrogen) atoms. The van der Waals surface area contributed by atoms with Gasteiger partial charge in [0.15, 0.2) is 0 Å². The van der Waals surface area contributed by atoms with Crippen molar-refractivity contribution in [2.45, 2.75) is 18.4 Å². The molecular weight excluding hydrogens is 468 g/mol. The molecule has 4 rings (SSSR count). The number of hydrogen-bond donors (Lipinski definition) is 0. The number of nitrogens with zero attached hydrogens (tertiary/aromatic N) is 4. The van der Waals surface area contributed by atoms with E-state index in [9.17, 15) is 18.5 Å². The highest BCUT2D eigenvalue weighted by atomic mass is 32.2. The summed E-state index contributed by atoms with van der Waals surface area (Å²) < 4.78 is 34.6. The van der Waals surface area contributed by atoms with Crippen LogP contribution in [-0.2, 0) is 21.4 Å². The Morgan fingerprint density at radius 3 is 2.62 bits per heavy atom. The van der Waals surface area contributed by atoms with E-state index in [2.05, 4.69) is 11.2 Å². The van der Waals surface area contributed by atoms with Gasteiger partial charge in [0.05, 0.1) is 17.1 Å². The van der Waals surface area contributed by atoms with Gasteiger partial charge in [-0.1, -0.05) is 18.2 Å². The van der Waals surface area contributed by atoms with Crippen LogP contribution >= 0.6 is 23.1 Å². The molecule has 1 saturated heterocycles. The SMILES string of the molecule is Cc1nn(-c2ccccc2)c(COC(=O)c2sccc2S(=O)(=O)N2CCSCC2)c1C#N. The Balaban J connectivity index is 1.59. The molecule has 0 aliphatic carbocycles. The summed E-state index contributed by atoms with van der Waals surface area (Å²) in [5.74, 6) is 0.707. The van der Waals surface area contributed by atoms with Gasteiger partial charge in [-0.15, -0.1) is 11.3 Å². The first-order chi connectivity index (χ1) is 15.4. The molecule has 166 valence electrons. The number of aromatic nitrogens is 2. The molecule has 1 aliphatic rings. The Hall–Kier alpha value is -2.65. The predicted octanol–water partition coefficient (Wildman–Crippen LogP) is 3.21. The first kappa shape index (κ1) is 22.5. The van der Waals surface area contributed by atoms with Gasteiger partial charge >= 0.3 is 5.97 Å². The number of ether oxygens (including phenoxy) is 1. The van der Waals surface area contributed by atoms with Gasteiger partial charge in [-0.25, -0.2) is 17.9 Å². The summed E-state index contributed by atoms with van der Waals surface area (Å²) in [6.07, 6.45) is 0. The topological polar surface area (TPSA) is 105 Å². The zero-order valence-corrected chi connectivity index (χ0v) is 19.7. The van der Waals surface area contributed by atoms with Crippen LogP contribution in [0.15, 0.2) is 46.7 Å². The van der Waals surface area contributed by atoms with Gasteiger partial charge in [0.25, 0.3) is 0 Å². The van der Waals surface area contributed by atoms with Crippen molar-refractivity contribution >= 4 is 39.1 Å². The number of rotatable bonds is 6. The summed E-state index contributed by atoms with van der Waals surface area (Å²) >= 11 is 2.73. The van der Waals surface area contributed by atoms with E-state index in [1.807, 2.05) is 30.3 Å². The van der Waals surface area contributed by atoms with Gasteiger partial charge in [0.1, 0.15) is 28.0 Å². The second-order valence-corrected chi connectivity index (χ2v) is 11.0. The predicted molar refractivity (Wildman–Crippen MR) is 123 cm³/mol. The average molecular weight is 489 g/mol. The average Bonchev–Trinajstić information content (AvgIpc) is 3.43. The standard InChI is InChI=1S/C21H20N4O4S3/c1-15-17(13-22)18(25(23-15)16-5-3-2-4-6-16)14-29-21(26)20-19(7-10-31-20)32(27,28)24-8-11-30-12-9-24/h2-7,10H,8-9,11-12,14H2,1H3. The summed E-state index contributed by atoms with van der Waals surface area (Å²) in [5.41, 5.74) is 2.00. The molecule has 1 aromatic carbocycles. The fourth-order valence-corrected chi connectivity index (χ4v) is 7.27. The largest absolute Gasteiger partial charge is 0.455 e. The molecule has 0 spiro atoms. The van der Waals surface area contributed by atoms with Gasteiger partial charge in [0.2, 0.25) is 10.0 Å². The first-order valence-corrected chi connectivity index (χ1v) is 13.3. The number of thioether (sulfide) groups is 1. The summed E-state index contributed by atoms with van der Waals surface area (Å²) in [6.45, 7) is 2.33. The zero-order valence-electron chi connectivity index (χ0n) is 17.2. The maximum Gasteiger partial charge on any atom is 0.350 e. The lowest BCUT2D eigenvalue weighted by Gasteiger charge is -2.25. The molecule has 1 aliphatic heterocycles. The Bertz CT molecular complexity index is 1270. The number of thiophene rings is 1. The highest BCUT2D eigenvalue weighted by Gasteiger charge is 2.32. The van der Waals surface area contributed by atoms with Crippen LogP contribution in [0, 0.1) is 18.3 Å². The third kappa shape index (κ3) is 4.31. The first-order valence-electron chi connectivity index (χ1n) is 9.80. The molecule has 3 aromatic rings. The van der Waals surface area contributed by atoms with Crippen LogP contribution in [0.3, 0.4) is 0 Å². The summed E-state index contributed by atoms with van der Waals surface area (Å²) in [5, 5.41) is 15.6. The van der Waals surface area contributed by atoms with Crippen LogP contribution in [0.1, 0.15) is 26.6 Å². The molecule has 0 radical (unpaired) electrons. The third-order valence-electron chi connectivity index (χ3n) is 5.01. The van der Waals surface area contributed by atoms with Crippen LogP contribution in [0.4, 0.5) is 0 Å². The number of benzene rings is 1. The van der Waals surface area contributed by atoms with Crippen LogP contribution in [0.25, 0.3) is 5.69 Å². The molecule has 1 fully saturated rings. The second-order valence-electron chi connectivity index (χ2n) is 6.97. The second kappa shape index (κ2) is 9.46. The van der Waals surface area contributed by atoms with Gasteiger partial charge in [-0.2, -0.15) is 26.4 Å². The van der Waals surface area contributed by atoms with E-state index in [1.165, 1.54) is 10.4 Å². The van der Waals surface area contributed by atoms with E-state index < -0.39 is 16.0 Å². The van der Waals surface area contributed by atoms with Crippen molar-refractivity contribution in [3.05, 3.63) is 63.6 Å². The highest BCUT2D eigenvalue weighted by Crippen LogP contribution is 2.28. The van der Waals surface area contributed by atoms with Crippen LogP contribution in [0.2, 0.25) is 0 Å². The Morgan fingerprint density at radius 2 is 1.94 bits per heavy atom. The number of sulfonamides is 1. The number of hydrogen-bond acceptors (Lipinski definition) is 8.